The number of methoxy groups -OCH3 is 1. The van der Waals surface area contributed by atoms with Crippen LogP contribution in [0.25, 0.3) is 33.2 Å². The molecule has 84 heavy (non-hydrogen) atoms. The zero-order chi connectivity index (χ0) is 59.6. The number of anilines is 6. The lowest BCUT2D eigenvalue weighted by atomic mass is 10.1. The maximum absolute atomic E-state index is 14.2. The molecule has 0 bridgehead atoms. The number of hydroxylamine groups is 1. The topological polar surface area (TPSA) is 345 Å². The van der Waals surface area contributed by atoms with E-state index in [1.165, 1.54) is 11.7 Å². The number of nitrogens with two attached hydrogens (primary N) is 2. The molecule has 0 aliphatic heterocycles. The largest absolute Gasteiger partial charge is 0.465 e. The van der Waals surface area contributed by atoms with E-state index in [2.05, 4.69) is 53.3 Å². The molecule has 4 heterocycles. The number of amides is 1. The fraction of sp³-hybridized carbons (Fsp3) is 0.148. The third-order valence-electron chi connectivity index (χ3n) is 13.5. The van der Waals surface area contributed by atoms with Gasteiger partial charge < -0.3 is 37.5 Å². The molecular formula is C61H55N17O6. The smallest absolute Gasteiger partial charge is 0.337 e. The number of aryl methyl sites for hydroxylation is 2. The first-order valence-electron chi connectivity index (χ1n) is 26.1. The second-order valence-electron chi connectivity index (χ2n) is 19.1. The summed E-state index contributed by atoms with van der Waals surface area (Å²) in [5.74, 6) is 0.397. The number of hydrogen-bond acceptors (Lipinski definition) is 20. The zero-order valence-corrected chi connectivity index (χ0v) is 46.0. The Kier molecular flexibility index (Phi) is 17.2. The molecule has 10 rings (SSSR count). The molecule has 0 radical (unpaired) electrons. The number of para-hydroxylation sites is 2. The van der Waals surface area contributed by atoms with Crippen molar-refractivity contribution < 1.29 is 19.5 Å². The van der Waals surface area contributed by atoms with Crippen LogP contribution < -0.4 is 49.3 Å². The molecule has 23 heteroatoms. The average Bonchev–Trinajstić information content (AvgIpc) is 3.64. The molecule has 420 valence electrons. The number of esters is 1. The fourth-order valence-corrected chi connectivity index (χ4v) is 9.34. The van der Waals surface area contributed by atoms with Crippen LogP contribution in [0.3, 0.4) is 0 Å². The maximum atomic E-state index is 14.2. The van der Waals surface area contributed by atoms with Gasteiger partial charge in [0.15, 0.2) is 0 Å². The predicted molar refractivity (Wildman–Crippen MR) is 319 cm³/mol. The van der Waals surface area contributed by atoms with Gasteiger partial charge in [-0.3, -0.25) is 28.7 Å². The van der Waals surface area contributed by atoms with Crippen LogP contribution in [0.4, 0.5) is 34.9 Å². The Labute approximate surface area is 480 Å². The van der Waals surface area contributed by atoms with E-state index in [0.29, 0.717) is 91.8 Å². The summed E-state index contributed by atoms with van der Waals surface area (Å²) in [5, 5.41) is 42.1. The van der Waals surface area contributed by atoms with Gasteiger partial charge in [-0.2, -0.15) is 20.5 Å². The van der Waals surface area contributed by atoms with Crippen LogP contribution in [0.1, 0.15) is 91.9 Å². The summed E-state index contributed by atoms with van der Waals surface area (Å²) in [6, 6.07) is 46.1. The number of carbonyl (C=O) groups is 2. The summed E-state index contributed by atoms with van der Waals surface area (Å²) in [5.41, 5.74) is 20.2. The highest BCUT2D eigenvalue weighted by Crippen LogP contribution is 2.29. The minimum Gasteiger partial charge on any atom is -0.465 e. The molecule has 1 amide bonds. The van der Waals surface area contributed by atoms with Crippen LogP contribution in [-0.4, -0.2) is 63.2 Å². The highest BCUT2D eigenvalue weighted by molar-refractivity contribution is 5.94. The molecule has 0 spiro atoms. The highest BCUT2D eigenvalue weighted by atomic mass is 16.5. The molecule has 0 saturated heterocycles. The van der Waals surface area contributed by atoms with Crippen LogP contribution in [0.15, 0.2) is 155 Å². The Hall–Kier alpha value is -11.6. The number of benzene rings is 6. The first-order chi connectivity index (χ1) is 40.6. The number of ether oxygens (including phenoxy) is 1. The van der Waals surface area contributed by atoms with Crippen molar-refractivity contribution >= 4 is 68.6 Å². The van der Waals surface area contributed by atoms with Crippen molar-refractivity contribution in [2.75, 3.05) is 39.8 Å². The molecule has 0 aliphatic rings. The Morgan fingerprint density at radius 2 is 0.976 bits per heavy atom. The lowest BCUT2D eigenvalue weighted by Gasteiger charge is -2.21. The van der Waals surface area contributed by atoms with E-state index in [9.17, 15) is 29.7 Å². The number of carbonyl (C=O) groups excluding carboxylic acids is 2. The average molecular weight is 1120 g/mol. The van der Waals surface area contributed by atoms with Crippen molar-refractivity contribution in [2.45, 2.75) is 52.9 Å². The fourth-order valence-electron chi connectivity index (χ4n) is 9.34. The first-order valence-corrected chi connectivity index (χ1v) is 26.1. The SMILES string of the molecule is COC(=O)c1ccc(CNc2cccc3nc([C@H](C)Nc4nc(N)nc(C)c4C#N)n(-c4ccccc4)c(=O)c23)cc1.Cc1nc(N)nc(N[C@@H](C)c2nc3cccc(NCc4ccc(C(=O)NO)cc4)c3c(=O)n2-c2ccccc2)c1C#N. The Morgan fingerprint density at radius 3 is 1.36 bits per heavy atom. The summed E-state index contributed by atoms with van der Waals surface area (Å²) in [7, 11) is 1.34. The van der Waals surface area contributed by atoms with Gasteiger partial charge in [-0.05, 0) is 112 Å². The Balaban J connectivity index is 0.000000202. The van der Waals surface area contributed by atoms with E-state index in [1.807, 2.05) is 105 Å². The van der Waals surface area contributed by atoms with Crippen LogP contribution in [-0.2, 0) is 17.8 Å². The number of fused-ring (bicyclic) bond motifs is 2. The molecule has 4 aromatic heterocycles. The van der Waals surface area contributed by atoms with Gasteiger partial charge in [-0.25, -0.2) is 30.2 Å². The first kappa shape index (κ1) is 57.1. The van der Waals surface area contributed by atoms with Crippen molar-refractivity contribution in [3.8, 4) is 23.5 Å². The molecule has 23 nitrogen and oxygen atoms in total. The van der Waals surface area contributed by atoms with E-state index in [4.69, 9.17) is 31.4 Å². The zero-order valence-electron chi connectivity index (χ0n) is 46.0. The Bertz CT molecular complexity index is 4040. The van der Waals surface area contributed by atoms with Gasteiger partial charge in [-0.15, -0.1) is 0 Å². The molecule has 10 N–H and O–H groups in total. The van der Waals surface area contributed by atoms with Gasteiger partial charge >= 0.3 is 5.97 Å². The minimum absolute atomic E-state index is 0.0233. The number of nitrogen functional groups attached to an aromatic ring is 2. The van der Waals surface area contributed by atoms with Gasteiger partial charge in [-0.1, -0.05) is 72.8 Å². The van der Waals surface area contributed by atoms with E-state index in [1.54, 1.807) is 78.5 Å². The van der Waals surface area contributed by atoms with E-state index in [-0.39, 0.29) is 45.8 Å². The summed E-state index contributed by atoms with van der Waals surface area (Å²) in [6.07, 6.45) is 0. The van der Waals surface area contributed by atoms with Crippen molar-refractivity contribution in [1.29, 1.82) is 10.5 Å². The van der Waals surface area contributed by atoms with E-state index in [0.717, 1.165) is 11.1 Å². The molecule has 6 aromatic carbocycles. The van der Waals surface area contributed by atoms with Crippen LogP contribution in [0.5, 0.6) is 0 Å². The molecule has 0 aliphatic carbocycles. The number of aromatic nitrogens is 8. The van der Waals surface area contributed by atoms with E-state index < -0.39 is 24.0 Å². The summed E-state index contributed by atoms with van der Waals surface area (Å²) < 4.78 is 7.86. The Morgan fingerprint density at radius 1 is 0.571 bits per heavy atom. The summed E-state index contributed by atoms with van der Waals surface area (Å²) in [6.45, 7) is 7.80. The number of rotatable bonds is 16. The predicted octanol–water partition coefficient (Wildman–Crippen LogP) is 8.35. The normalized spacial score (nSPS) is 11.5. The minimum atomic E-state index is -0.599. The number of nitrogens with one attached hydrogen (secondary N) is 5. The quantitative estimate of drug-likeness (QED) is 0.0256. The molecule has 0 saturated carbocycles. The van der Waals surface area contributed by atoms with Crippen LogP contribution >= 0.6 is 0 Å². The number of nitriles is 2. The molecule has 0 unspecified atom stereocenters. The summed E-state index contributed by atoms with van der Waals surface area (Å²) >= 11 is 0. The molecule has 10 aromatic rings. The number of hydrogen-bond donors (Lipinski definition) is 8. The van der Waals surface area contributed by atoms with Gasteiger partial charge in [0, 0.05) is 30.0 Å². The van der Waals surface area contributed by atoms with Crippen molar-refractivity contribution in [3.05, 3.63) is 223 Å². The van der Waals surface area contributed by atoms with Crippen molar-refractivity contribution in [3.63, 3.8) is 0 Å². The van der Waals surface area contributed by atoms with Crippen molar-refractivity contribution in [1.82, 2.24) is 44.5 Å². The maximum Gasteiger partial charge on any atom is 0.337 e. The lowest BCUT2D eigenvalue weighted by molar-refractivity contribution is 0.0600. The van der Waals surface area contributed by atoms with E-state index >= 15 is 0 Å². The van der Waals surface area contributed by atoms with Gasteiger partial charge in [0.25, 0.3) is 17.0 Å². The highest BCUT2D eigenvalue weighted by Gasteiger charge is 2.24. The van der Waals surface area contributed by atoms with Crippen LogP contribution in [0.2, 0.25) is 0 Å². The number of nitrogens with zero attached hydrogens (tertiary/aromatic N) is 10. The lowest BCUT2D eigenvalue weighted by Crippen LogP contribution is -2.28. The third-order valence-corrected chi connectivity index (χ3v) is 13.5. The van der Waals surface area contributed by atoms with Gasteiger partial charge in [0.1, 0.15) is 46.5 Å². The second kappa shape index (κ2) is 25.3. The standard InChI is InChI=1S/C31H28N8O3.C30H27N9O3/c1-18-23(16-32)27(38-31(33)36-18)35-19(2)28-37-25-11-7-10-24(26(25)29(40)39(28)22-8-5-4-6-9-22)34-17-20-12-14-21(15-13-20)30(41)42-3;1-17-22(15-31)26(37-30(32)35-17)34-18(2)27-36-24-10-6-9-23(25(24)29(41)39(27)21-7-4-3-5-8-21)33-16-19-11-13-20(14-12-19)28(40)38-42/h4-15,19,34H,17H2,1-3H3,(H3,33,35,36,38);3-14,18,33,42H,16H2,1-2H3,(H,38,40)(H3,32,34,35,37)/t19-;18-/m00/s1. The second-order valence-corrected chi connectivity index (χ2v) is 19.1. The van der Waals surface area contributed by atoms with Crippen LogP contribution in [0, 0.1) is 36.5 Å². The molecule has 2 atom stereocenters. The molecular weight excluding hydrogens is 1070 g/mol. The summed E-state index contributed by atoms with van der Waals surface area (Å²) in [4.78, 5) is 78.2. The molecule has 0 fully saturated rings. The van der Waals surface area contributed by atoms with Gasteiger partial charge in [0.2, 0.25) is 11.9 Å². The monoisotopic (exact) mass is 1120 g/mol. The van der Waals surface area contributed by atoms with Gasteiger partial charge in [0.05, 0.1) is 69.3 Å². The third kappa shape index (κ3) is 12.3. The van der Waals surface area contributed by atoms with Crippen molar-refractivity contribution in [2.24, 2.45) is 0 Å².